The average Bonchev–Trinajstić information content (AvgIpc) is 3.43. The summed E-state index contributed by atoms with van der Waals surface area (Å²) in [5, 5.41) is 1.96. The lowest BCUT2D eigenvalue weighted by molar-refractivity contribution is -0.132. The van der Waals surface area contributed by atoms with E-state index in [0.717, 1.165) is 16.0 Å². The molecule has 1 heterocycles. The third-order valence-corrected chi connectivity index (χ3v) is 8.84. The maximum absolute atomic E-state index is 13.6. The Morgan fingerprint density at radius 1 is 0.947 bits per heavy atom. The second-order valence-corrected chi connectivity index (χ2v) is 11.8. The first-order valence-electron chi connectivity index (χ1n) is 12.3. The molecule has 38 heavy (non-hydrogen) atoms. The molecule has 0 radical (unpaired) electrons. The van der Waals surface area contributed by atoms with Crippen molar-refractivity contribution in [1.29, 1.82) is 0 Å². The lowest BCUT2D eigenvalue weighted by Gasteiger charge is -2.27. The normalized spacial score (nSPS) is 11.5. The summed E-state index contributed by atoms with van der Waals surface area (Å²) in [6, 6.07) is 16.3. The number of amides is 1. The van der Waals surface area contributed by atoms with Crippen LogP contribution in [0.3, 0.4) is 0 Å². The van der Waals surface area contributed by atoms with Gasteiger partial charge in [-0.2, -0.15) is 4.31 Å². The first-order valence-corrected chi connectivity index (χ1v) is 14.7. The molecule has 206 valence electrons. The highest BCUT2D eigenvalue weighted by Gasteiger charge is 2.28. The summed E-state index contributed by atoms with van der Waals surface area (Å²) in [6.07, 6.45) is 1.05. The predicted molar refractivity (Wildman–Crippen MR) is 149 cm³/mol. The zero-order chi connectivity index (χ0) is 27.5. The van der Waals surface area contributed by atoms with E-state index in [0.29, 0.717) is 44.0 Å². The highest BCUT2D eigenvalue weighted by molar-refractivity contribution is 7.89. The van der Waals surface area contributed by atoms with Gasteiger partial charge in [0, 0.05) is 31.7 Å². The van der Waals surface area contributed by atoms with E-state index in [1.165, 1.54) is 4.31 Å². The molecular weight excluding hydrogens is 524 g/mol. The number of carbonyl (C=O) groups is 1. The molecule has 8 nitrogen and oxygen atoms in total. The van der Waals surface area contributed by atoms with Crippen molar-refractivity contribution in [2.45, 2.75) is 31.2 Å². The standard InChI is InChI=1S/C28H36N2O6S2/c1-22-8-11-25(12-9-22)38(32,33)30(15-6-17-34-2)21-28(31)29(20-24-7-5-18-37-24)16-14-23-10-13-26(35-3)27(19-23)36-4/h5,7-13,18-19H,6,14-17,20-21H2,1-4H3. The van der Waals surface area contributed by atoms with E-state index >= 15 is 0 Å². The molecule has 3 rings (SSSR count). The number of carbonyl (C=O) groups excluding carboxylic acids is 1. The first kappa shape index (κ1) is 29.6. The van der Waals surface area contributed by atoms with Gasteiger partial charge in [-0.15, -0.1) is 11.3 Å². The first-order chi connectivity index (χ1) is 18.3. The summed E-state index contributed by atoms with van der Waals surface area (Å²) in [5.41, 5.74) is 1.94. The molecule has 0 aliphatic heterocycles. The molecule has 0 atom stereocenters. The summed E-state index contributed by atoms with van der Waals surface area (Å²) in [7, 11) is 0.870. The molecule has 0 aliphatic rings. The topological polar surface area (TPSA) is 85.4 Å². The summed E-state index contributed by atoms with van der Waals surface area (Å²) in [6.45, 7) is 3.04. The summed E-state index contributed by atoms with van der Waals surface area (Å²) < 4.78 is 44.2. The molecular formula is C28H36N2O6S2. The molecule has 10 heteroatoms. The fraction of sp³-hybridized carbons (Fsp3) is 0.393. The Morgan fingerprint density at radius 3 is 2.32 bits per heavy atom. The van der Waals surface area contributed by atoms with Gasteiger partial charge in [0.25, 0.3) is 0 Å². The van der Waals surface area contributed by atoms with Crippen molar-refractivity contribution in [2.24, 2.45) is 0 Å². The number of aryl methyl sites for hydroxylation is 1. The smallest absolute Gasteiger partial charge is 0.243 e. The Labute approximate surface area is 229 Å². The van der Waals surface area contributed by atoms with Gasteiger partial charge in [0.2, 0.25) is 15.9 Å². The van der Waals surface area contributed by atoms with Crippen LogP contribution < -0.4 is 9.47 Å². The second kappa shape index (κ2) is 14.3. The van der Waals surface area contributed by atoms with Crippen LogP contribution in [0.1, 0.15) is 22.4 Å². The van der Waals surface area contributed by atoms with E-state index in [2.05, 4.69) is 0 Å². The molecule has 0 aliphatic carbocycles. The number of hydrogen-bond acceptors (Lipinski definition) is 7. The molecule has 1 aromatic heterocycles. The summed E-state index contributed by atoms with van der Waals surface area (Å²) in [5.74, 6) is 0.998. The van der Waals surface area contributed by atoms with E-state index in [-0.39, 0.29) is 23.9 Å². The van der Waals surface area contributed by atoms with Crippen LogP contribution in [0.15, 0.2) is 64.9 Å². The highest BCUT2D eigenvalue weighted by atomic mass is 32.2. The number of ether oxygens (including phenoxy) is 3. The number of nitrogens with zero attached hydrogens (tertiary/aromatic N) is 2. The molecule has 1 amide bonds. The molecule has 0 unspecified atom stereocenters. The Balaban J connectivity index is 1.82. The Kier molecular flexibility index (Phi) is 11.1. The SMILES string of the molecule is COCCCN(CC(=O)N(CCc1ccc(OC)c(OC)c1)Cc1cccs1)S(=O)(=O)c1ccc(C)cc1. The molecule has 0 N–H and O–H groups in total. The van der Waals surface area contributed by atoms with Gasteiger partial charge < -0.3 is 19.1 Å². The lowest BCUT2D eigenvalue weighted by atomic mass is 10.1. The number of rotatable bonds is 15. The van der Waals surface area contributed by atoms with Crippen LogP contribution in [-0.4, -0.2) is 71.1 Å². The highest BCUT2D eigenvalue weighted by Crippen LogP contribution is 2.28. The lowest BCUT2D eigenvalue weighted by Crippen LogP contribution is -2.43. The molecule has 0 saturated heterocycles. The number of hydrogen-bond donors (Lipinski definition) is 0. The van der Waals surface area contributed by atoms with Crippen molar-refractivity contribution in [3.63, 3.8) is 0 Å². The van der Waals surface area contributed by atoms with Gasteiger partial charge in [-0.1, -0.05) is 29.8 Å². The summed E-state index contributed by atoms with van der Waals surface area (Å²) >= 11 is 1.56. The van der Waals surface area contributed by atoms with Gasteiger partial charge >= 0.3 is 0 Å². The maximum Gasteiger partial charge on any atom is 0.243 e. The van der Waals surface area contributed by atoms with Crippen molar-refractivity contribution >= 4 is 27.3 Å². The van der Waals surface area contributed by atoms with Crippen LogP contribution in [0.2, 0.25) is 0 Å². The quantitative estimate of drug-likeness (QED) is 0.257. The minimum atomic E-state index is -3.87. The average molecular weight is 561 g/mol. The van der Waals surface area contributed by atoms with E-state index in [1.807, 2.05) is 42.6 Å². The van der Waals surface area contributed by atoms with Gasteiger partial charge in [0.15, 0.2) is 11.5 Å². The number of methoxy groups -OCH3 is 3. The Bertz CT molecular complexity index is 1260. The van der Waals surface area contributed by atoms with E-state index in [4.69, 9.17) is 14.2 Å². The Morgan fingerprint density at radius 2 is 1.68 bits per heavy atom. The van der Waals surface area contributed by atoms with E-state index in [9.17, 15) is 13.2 Å². The van der Waals surface area contributed by atoms with E-state index < -0.39 is 10.0 Å². The van der Waals surface area contributed by atoms with Crippen LogP contribution in [-0.2, 0) is 32.5 Å². The number of thiophene rings is 1. The zero-order valence-corrected chi connectivity index (χ0v) is 24.0. The molecule has 0 fully saturated rings. The predicted octanol–water partition coefficient (Wildman–Crippen LogP) is 4.37. The van der Waals surface area contributed by atoms with Crippen molar-refractivity contribution in [3.8, 4) is 11.5 Å². The minimum absolute atomic E-state index is 0.170. The molecule has 2 aromatic carbocycles. The van der Waals surface area contributed by atoms with Gasteiger partial charge in [0.1, 0.15) is 0 Å². The molecule has 0 spiro atoms. The third-order valence-electron chi connectivity index (χ3n) is 6.12. The number of sulfonamides is 1. The van der Waals surface area contributed by atoms with Crippen molar-refractivity contribution in [1.82, 2.24) is 9.21 Å². The molecule has 3 aromatic rings. The van der Waals surface area contributed by atoms with Gasteiger partial charge in [-0.3, -0.25) is 4.79 Å². The van der Waals surface area contributed by atoms with Crippen molar-refractivity contribution in [3.05, 3.63) is 76.0 Å². The van der Waals surface area contributed by atoms with E-state index in [1.54, 1.807) is 61.8 Å². The van der Waals surface area contributed by atoms with Gasteiger partial charge in [0.05, 0.1) is 32.2 Å². The summed E-state index contributed by atoms with van der Waals surface area (Å²) in [4.78, 5) is 16.6. The monoisotopic (exact) mass is 560 g/mol. The van der Waals surface area contributed by atoms with Crippen LogP contribution in [0.5, 0.6) is 11.5 Å². The maximum atomic E-state index is 13.6. The van der Waals surface area contributed by atoms with Crippen LogP contribution in [0.25, 0.3) is 0 Å². The zero-order valence-electron chi connectivity index (χ0n) is 22.4. The van der Waals surface area contributed by atoms with Crippen LogP contribution >= 0.6 is 11.3 Å². The number of benzene rings is 2. The van der Waals surface area contributed by atoms with Crippen molar-refractivity contribution in [2.75, 3.05) is 47.6 Å². The molecule has 0 saturated carbocycles. The third kappa shape index (κ3) is 8.04. The Hall–Kier alpha value is -2.92. The second-order valence-electron chi connectivity index (χ2n) is 8.83. The largest absolute Gasteiger partial charge is 0.493 e. The van der Waals surface area contributed by atoms with Crippen LogP contribution in [0.4, 0.5) is 0 Å². The minimum Gasteiger partial charge on any atom is -0.493 e. The van der Waals surface area contributed by atoms with Gasteiger partial charge in [-0.25, -0.2) is 8.42 Å². The van der Waals surface area contributed by atoms with Crippen LogP contribution in [0, 0.1) is 6.92 Å². The fourth-order valence-electron chi connectivity index (χ4n) is 3.96. The molecule has 0 bridgehead atoms. The van der Waals surface area contributed by atoms with Gasteiger partial charge in [-0.05, 0) is 61.0 Å². The fourth-order valence-corrected chi connectivity index (χ4v) is 6.11. The van der Waals surface area contributed by atoms with Crippen molar-refractivity contribution < 1.29 is 27.4 Å².